The number of pyridine rings is 2. The van der Waals surface area contributed by atoms with Crippen LogP contribution < -0.4 is 10.6 Å². The van der Waals surface area contributed by atoms with Gasteiger partial charge in [0.25, 0.3) is 5.91 Å². The van der Waals surface area contributed by atoms with Gasteiger partial charge in [-0.3, -0.25) is 9.78 Å². The summed E-state index contributed by atoms with van der Waals surface area (Å²) in [6.07, 6.45) is 2.43. The van der Waals surface area contributed by atoms with Gasteiger partial charge in [-0.15, -0.1) is 5.10 Å². The van der Waals surface area contributed by atoms with Crippen LogP contribution in [0.5, 0.6) is 0 Å². The normalized spacial score (nSPS) is 12.9. The van der Waals surface area contributed by atoms with Crippen LogP contribution >= 0.6 is 0 Å². The van der Waals surface area contributed by atoms with Gasteiger partial charge in [-0.25, -0.2) is 9.67 Å². The number of benzene rings is 2. The second-order valence-electron chi connectivity index (χ2n) is 7.84. The number of para-hydroxylation sites is 1. The third-order valence-electron chi connectivity index (χ3n) is 5.73. The van der Waals surface area contributed by atoms with Crippen LogP contribution in [0.15, 0.2) is 85.1 Å². The zero-order chi connectivity index (χ0) is 22.2. The number of amides is 1. The van der Waals surface area contributed by atoms with Crippen molar-refractivity contribution in [2.24, 2.45) is 0 Å². The number of aromatic nitrogens is 4. The summed E-state index contributed by atoms with van der Waals surface area (Å²) in [6.45, 7) is 0.575. The minimum Gasteiger partial charge on any atom is -0.352 e. The maximum Gasteiger partial charge on any atom is 0.255 e. The number of hydrogen-bond acceptors (Lipinski definition) is 5. The van der Waals surface area contributed by atoms with E-state index in [1.165, 1.54) is 0 Å². The number of carbonyl (C=O) groups excluding carboxylic acids is 1. The van der Waals surface area contributed by atoms with Crippen LogP contribution in [0.4, 0.5) is 11.5 Å². The van der Waals surface area contributed by atoms with Crippen molar-refractivity contribution in [2.75, 3.05) is 11.9 Å². The molecule has 0 fully saturated rings. The number of fused-ring (bicyclic) bond motifs is 2. The van der Waals surface area contributed by atoms with E-state index in [2.05, 4.69) is 15.6 Å². The topological polar surface area (TPSA) is 84.7 Å². The van der Waals surface area contributed by atoms with Crippen molar-refractivity contribution in [1.82, 2.24) is 25.1 Å². The predicted molar refractivity (Wildman–Crippen MR) is 128 cm³/mol. The SMILES string of the molecule is O=C1NCCc2nc(-c3ccccc3)cc(Nc3nn(-c4ccccc4)c4ncccc34)c21. The van der Waals surface area contributed by atoms with Crippen LogP contribution in [-0.4, -0.2) is 32.2 Å². The molecule has 0 radical (unpaired) electrons. The summed E-state index contributed by atoms with van der Waals surface area (Å²) in [5.41, 5.74) is 5.49. The first-order valence-electron chi connectivity index (χ1n) is 10.8. The molecule has 0 aliphatic carbocycles. The first-order chi connectivity index (χ1) is 16.3. The molecular formula is C26H20N6O. The quantitative estimate of drug-likeness (QED) is 0.436. The molecule has 0 atom stereocenters. The molecule has 5 aromatic rings. The van der Waals surface area contributed by atoms with Crippen molar-refractivity contribution >= 4 is 28.4 Å². The monoisotopic (exact) mass is 432 g/mol. The second-order valence-corrected chi connectivity index (χ2v) is 7.84. The van der Waals surface area contributed by atoms with Gasteiger partial charge in [0.1, 0.15) is 0 Å². The Morgan fingerprint density at radius 2 is 1.73 bits per heavy atom. The zero-order valence-electron chi connectivity index (χ0n) is 17.7. The lowest BCUT2D eigenvalue weighted by molar-refractivity contribution is 0.0946. The molecule has 7 nitrogen and oxygen atoms in total. The lowest BCUT2D eigenvalue weighted by atomic mass is 10.0. The van der Waals surface area contributed by atoms with Crippen LogP contribution in [0.2, 0.25) is 0 Å². The standard InChI is InChI=1S/C26H20N6O/c33-26-23-20(13-15-28-26)29-21(17-8-3-1-4-9-17)16-22(23)30-24-19-12-7-14-27-25(19)32(31-24)18-10-5-2-6-11-18/h1-12,14,16H,13,15H2,(H,28,33)(H,29,30,31). The minimum absolute atomic E-state index is 0.129. The fourth-order valence-electron chi connectivity index (χ4n) is 4.19. The molecule has 0 bridgehead atoms. The van der Waals surface area contributed by atoms with Crippen LogP contribution in [0.3, 0.4) is 0 Å². The summed E-state index contributed by atoms with van der Waals surface area (Å²) in [5, 5.41) is 12.1. The maximum atomic E-state index is 12.8. The minimum atomic E-state index is -0.129. The maximum absolute atomic E-state index is 12.8. The first kappa shape index (κ1) is 19.2. The second kappa shape index (κ2) is 7.87. The summed E-state index contributed by atoms with van der Waals surface area (Å²) in [6, 6.07) is 25.6. The highest BCUT2D eigenvalue weighted by Crippen LogP contribution is 2.32. The summed E-state index contributed by atoms with van der Waals surface area (Å²) in [4.78, 5) is 22.2. The Morgan fingerprint density at radius 1 is 0.939 bits per heavy atom. The van der Waals surface area contributed by atoms with E-state index in [1.54, 1.807) is 6.20 Å². The van der Waals surface area contributed by atoms with Crippen LogP contribution in [0, 0.1) is 0 Å². The lowest BCUT2D eigenvalue weighted by Gasteiger charge is -2.20. The Hall–Kier alpha value is -4.52. The summed E-state index contributed by atoms with van der Waals surface area (Å²) in [7, 11) is 0. The molecule has 1 aliphatic heterocycles. The Labute approximate surface area is 190 Å². The van der Waals surface area contributed by atoms with Gasteiger partial charge < -0.3 is 10.6 Å². The van der Waals surface area contributed by atoms with Crippen molar-refractivity contribution in [1.29, 1.82) is 0 Å². The molecule has 1 aliphatic rings. The smallest absolute Gasteiger partial charge is 0.255 e. The van der Waals surface area contributed by atoms with E-state index in [0.29, 0.717) is 30.0 Å². The Morgan fingerprint density at radius 3 is 2.55 bits per heavy atom. The highest BCUT2D eigenvalue weighted by Gasteiger charge is 2.25. The first-order valence-corrected chi connectivity index (χ1v) is 10.8. The Bertz CT molecular complexity index is 1480. The van der Waals surface area contributed by atoms with Gasteiger partial charge in [0, 0.05) is 24.7 Å². The number of rotatable bonds is 4. The van der Waals surface area contributed by atoms with E-state index in [1.807, 2.05) is 83.5 Å². The lowest BCUT2D eigenvalue weighted by Crippen LogP contribution is -2.33. The van der Waals surface area contributed by atoms with Gasteiger partial charge in [0.05, 0.1) is 33.7 Å². The van der Waals surface area contributed by atoms with Crippen molar-refractivity contribution in [2.45, 2.75) is 6.42 Å². The van der Waals surface area contributed by atoms with Crippen molar-refractivity contribution < 1.29 is 4.79 Å². The Kier molecular flexibility index (Phi) is 4.58. The fourth-order valence-corrected chi connectivity index (χ4v) is 4.19. The number of nitrogens with one attached hydrogen (secondary N) is 2. The average Bonchev–Trinajstić information content (AvgIpc) is 3.23. The summed E-state index contributed by atoms with van der Waals surface area (Å²) < 4.78 is 1.81. The number of anilines is 2. The summed E-state index contributed by atoms with van der Waals surface area (Å²) >= 11 is 0. The summed E-state index contributed by atoms with van der Waals surface area (Å²) in [5.74, 6) is 0.503. The number of nitrogens with zero attached hydrogens (tertiary/aromatic N) is 4. The molecule has 33 heavy (non-hydrogen) atoms. The third kappa shape index (κ3) is 3.40. The van der Waals surface area contributed by atoms with Crippen LogP contribution in [-0.2, 0) is 6.42 Å². The number of carbonyl (C=O) groups is 1. The van der Waals surface area contributed by atoms with Gasteiger partial charge in [0.2, 0.25) is 0 Å². The van der Waals surface area contributed by atoms with Gasteiger partial charge in [-0.05, 0) is 30.3 Å². The molecule has 2 N–H and O–H groups in total. The van der Waals surface area contributed by atoms with Crippen LogP contribution in [0.25, 0.3) is 28.0 Å². The van der Waals surface area contributed by atoms with Crippen molar-refractivity contribution in [3.8, 4) is 16.9 Å². The molecule has 160 valence electrons. The van der Waals surface area contributed by atoms with E-state index < -0.39 is 0 Å². The molecule has 3 aromatic heterocycles. The molecule has 7 heteroatoms. The molecule has 6 rings (SSSR count). The molecule has 4 heterocycles. The number of hydrogen-bond donors (Lipinski definition) is 2. The molecule has 2 aromatic carbocycles. The molecule has 1 amide bonds. The fraction of sp³-hybridized carbons (Fsp3) is 0.0769. The van der Waals surface area contributed by atoms with Crippen molar-refractivity contribution in [3.63, 3.8) is 0 Å². The van der Waals surface area contributed by atoms with E-state index in [0.717, 1.165) is 33.7 Å². The largest absolute Gasteiger partial charge is 0.352 e. The highest BCUT2D eigenvalue weighted by atomic mass is 16.1. The van der Waals surface area contributed by atoms with Crippen LogP contribution in [0.1, 0.15) is 16.1 Å². The van der Waals surface area contributed by atoms with Gasteiger partial charge in [-0.1, -0.05) is 48.5 Å². The molecular weight excluding hydrogens is 412 g/mol. The molecule has 0 saturated heterocycles. The van der Waals surface area contributed by atoms with E-state index in [9.17, 15) is 4.79 Å². The average molecular weight is 432 g/mol. The van der Waals surface area contributed by atoms with Gasteiger partial charge >= 0.3 is 0 Å². The Balaban J connectivity index is 1.52. The van der Waals surface area contributed by atoms with Crippen molar-refractivity contribution in [3.05, 3.63) is 96.3 Å². The predicted octanol–water partition coefficient (Wildman–Crippen LogP) is 4.51. The van der Waals surface area contributed by atoms with Gasteiger partial charge in [0.15, 0.2) is 11.5 Å². The molecule has 0 spiro atoms. The zero-order valence-corrected chi connectivity index (χ0v) is 17.7. The third-order valence-corrected chi connectivity index (χ3v) is 5.73. The van der Waals surface area contributed by atoms with E-state index in [-0.39, 0.29) is 5.91 Å². The highest BCUT2D eigenvalue weighted by molar-refractivity contribution is 6.04. The van der Waals surface area contributed by atoms with Gasteiger partial charge in [-0.2, -0.15) is 0 Å². The molecule has 0 saturated carbocycles. The van der Waals surface area contributed by atoms with E-state index in [4.69, 9.17) is 10.1 Å². The van der Waals surface area contributed by atoms with E-state index >= 15 is 0 Å². The molecule has 0 unspecified atom stereocenters.